The first kappa shape index (κ1) is 29.8. The summed E-state index contributed by atoms with van der Waals surface area (Å²) in [5, 5.41) is 0. The van der Waals surface area contributed by atoms with Crippen molar-refractivity contribution in [3.8, 4) is 5.75 Å². The number of nitrogens with zero attached hydrogens (tertiary/aromatic N) is 3. The number of hydrogen-bond donors (Lipinski definition) is 0. The monoisotopic (exact) mass is 595 g/mol. The number of carbonyl (C=O) groups excluding carboxylic acids is 1. The van der Waals surface area contributed by atoms with Gasteiger partial charge < -0.3 is 19.3 Å². The van der Waals surface area contributed by atoms with Crippen LogP contribution in [0.5, 0.6) is 5.75 Å². The van der Waals surface area contributed by atoms with E-state index in [1.807, 2.05) is 18.2 Å². The molecule has 42 heavy (non-hydrogen) atoms. The Morgan fingerprint density at radius 3 is 2.33 bits per heavy atom. The van der Waals surface area contributed by atoms with Crippen molar-refractivity contribution >= 4 is 21.8 Å². The average molecular weight is 596 g/mol. The fourth-order valence-electron chi connectivity index (χ4n) is 6.04. The van der Waals surface area contributed by atoms with E-state index in [0.717, 1.165) is 24.9 Å². The van der Waals surface area contributed by atoms with E-state index in [2.05, 4.69) is 24.1 Å². The molecule has 0 aromatic heterocycles. The van der Waals surface area contributed by atoms with Crippen molar-refractivity contribution in [3.05, 3.63) is 90.2 Å². The molecule has 0 saturated carbocycles. The molecule has 224 valence electrons. The molecule has 0 radical (unpaired) electrons. The molecule has 2 atom stereocenters. The van der Waals surface area contributed by atoms with Gasteiger partial charge in [0.1, 0.15) is 18.2 Å². The van der Waals surface area contributed by atoms with Gasteiger partial charge in [0.25, 0.3) is 0 Å². The maximum absolute atomic E-state index is 14.2. The van der Waals surface area contributed by atoms with Gasteiger partial charge in [0, 0.05) is 31.9 Å². The largest absolute Gasteiger partial charge is 0.497 e. The van der Waals surface area contributed by atoms with Gasteiger partial charge in [-0.3, -0.25) is 0 Å². The Labute approximate surface area is 247 Å². The summed E-state index contributed by atoms with van der Waals surface area (Å²) in [6, 6.07) is 21.6. The van der Waals surface area contributed by atoms with Crippen LogP contribution in [0, 0.1) is 5.82 Å². The summed E-state index contributed by atoms with van der Waals surface area (Å²) in [4.78, 5) is 17.2. The number of likely N-dealkylation sites (tertiary alicyclic amines) is 1. The molecule has 0 aliphatic carbocycles. The van der Waals surface area contributed by atoms with Gasteiger partial charge in [0.15, 0.2) is 0 Å². The molecule has 2 fully saturated rings. The van der Waals surface area contributed by atoms with Crippen LogP contribution in [0.15, 0.2) is 83.8 Å². The lowest BCUT2D eigenvalue weighted by atomic mass is 9.93. The van der Waals surface area contributed by atoms with Crippen molar-refractivity contribution in [2.24, 2.45) is 0 Å². The van der Waals surface area contributed by atoms with Crippen molar-refractivity contribution in [3.63, 3.8) is 0 Å². The molecule has 10 heteroatoms. The number of para-hydroxylation sites is 1. The summed E-state index contributed by atoms with van der Waals surface area (Å²) in [7, 11) is -0.428. The lowest BCUT2D eigenvalue weighted by Crippen LogP contribution is -2.49. The zero-order valence-electron chi connectivity index (χ0n) is 24.1. The second-order valence-electron chi connectivity index (χ2n) is 10.9. The van der Waals surface area contributed by atoms with Crippen LogP contribution in [0.4, 0.5) is 14.9 Å². The van der Waals surface area contributed by atoms with Crippen molar-refractivity contribution < 1.29 is 27.1 Å². The van der Waals surface area contributed by atoms with Crippen molar-refractivity contribution in [1.29, 1.82) is 0 Å². The number of hydrogen-bond acceptors (Lipinski definition) is 6. The fraction of sp³-hybridized carbons (Fsp3) is 0.406. The van der Waals surface area contributed by atoms with Gasteiger partial charge in [-0.25, -0.2) is 17.6 Å². The second-order valence-corrected chi connectivity index (χ2v) is 12.8. The van der Waals surface area contributed by atoms with Crippen LogP contribution in [0.25, 0.3) is 0 Å². The minimum Gasteiger partial charge on any atom is -0.497 e. The van der Waals surface area contributed by atoms with Crippen molar-refractivity contribution in [1.82, 2.24) is 9.21 Å². The number of rotatable bonds is 8. The molecule has 8 nitrogen and oxygen atoms in total. The lowest BCUT2D eigenvalue weighted by Gasteiger charge is -2.41. The van der Waals surface area contributed by atoms with Gasteiger partial charge in [-0.1, -0.05) is 30.3 Å². The van der Waals surface area contributed by atoms with Crippen LogP contribution in [-0.4, -0.2) is 69.7 Å². The van der Waals surface area contributed by atoms with E-state index in [-0.39, 0.29) is 11.5 Å². The highest BCUT2D eigenvalue weighted by Gasteiger charge is 2.41. The number of halogens is 1. The van der Waals surface area contributed by atoms with E-state index in [4.69, 9.17) is 9.47 Å². The van der Waals surface area contributed by atoms with Crippen LogP contribution < -0.4 is 9.64 Å². The summed E-state index contributed by atoms with van der Waals surface area (Å²) < 4.78 is 54.8. The quantitative estimate of drug-likeness (QED) is 0.325. The Hall–Kier alpha value is -3.63. The lowest BCUT2D eigenvalue weighted by molar-refractivity contribution is 0.0569. The maximum atomic E-state index is 14.2. The molecular formula is C32H38FN3O5S. The highest BCUT2D eigenvalue weighted by molar-refractivity contribution is 7.89. The number of carbonyl (C=O) groups is 1. The molecule has 3 aromatic carbocycles. The Morgan fingerprint density at radius 2 is 1.67 bits per heavy atom. The smallest absolute Gasteiger partial charge is 0.409 e. The SMILES string of the molecule is COc1ccc(S(=O)(=O)N2[C@@H](COC(=O)N3CCC(N(C)c4ccccc4)CC3)CCC[C@H]2c2cccc(F)c2)cc1. The third-order valence-corrected chi connectivity index (χ3v) is 10.4. The van der Waals surface area contributed by atoms with Gasteiger partial charge in [-0.15, -0.1) is 0 Å². The Bertz CT molecular complexity index is 1450. The van der Waals surface area contributed by atoms with E-state index in [9.17, 15) is 17.6 Å². The molecule has 0 spiro atoms. The van der Waals surface area contributed by atoms with Crippen LogP contribution in [0.1, 0.15) is 43.7 Å². The molecule has 0 unspecified atom stereocenters. The second kappa shape index (κ2) is 13.1. The third kappa shape index (κ3) is 6.55. The number of amides is 1. The van der Waals surface area contributed by atoms with E-state index < -0.39 is 34.0 Å². The molecule has 3 aromatic rings. The first-order valence-corrected chi connectivity index (χ1v) is 15.8. The van der Waals surface area contributed by atoms with Crippen LogP contribution in [-0.2, 0) is 14.8 Å². The number of piperidine rings is 2. The predicted octanol–water partition coefficient (Wildman–Crippen LogP) is 5.86. The summed E-state index contributed by atoms with van der Waals surface area (Å²) in [6.07, 6.45) is 2.96. The van der Waals surface area contributed by atoms with Gasteiger partial charge in [-0.05, 0) is 86.2 Å². The van der Waals surface area contributed by atoms with Gasteiger partial charge in [0.05, 0.1) is 24.1 Å². The fourth-order valence-corrected chi connectivity index (χ4v) is 7.89. The molecule has 5 rings (SSSR count). The van der Waals surface area contributed by atoms with Crippen LogP contribution in [0.3, 0.4) is 0 Å². The highest BCUT2D eigenvalue weighted by atomic mass is 32.2. The number of methoxy groups -OCH3 is 1. The molecule has 0 N–H and O–H groups in total. The van der Waals surface area contributed by atoms with Gasteiger partial charge >= 0.3 is 6.09 Å². The zero-order valence-corrected chi connectivity index (χ0v) is 24.9. The molecule has 2 heterocycles. The summed E-state index contributed by atoms with van der Waals surface area (Å²) in [5.74, 6) is 0.114. The zero-order chi connectivity index (χ0) is 29.7. The highest BCUT2D eigenvalue weighted by Crippen LogP contribution is 2.39. The van der Waals surface area contributed by atoms with Gasteiger partial charge in [-0.2, -0.15) is 4.31 Å². The Balaban J connectivity index is 1.30. The summed E-state index contributed by atoms with van der Waals surface area (Å²) >= 11 is 0. The molecule has 0 bridgehead atoms. The molecule has 2 aliphatic heterocycles. The Kier molecular flexibility index (Phi) is 9.33. The first-order valence-electron chi connectivity index (χ1n) is 14.4. The number of ether oxygens (including phenoxy) is 2. The number of sulfonamides is 1. The normalized spacial score (nSPS) is 20.2. The molecule has 2 saturated heterocycles. The summed E-state index contributed by atoms with van der Waals surface area (Å²) in [6.45, 7) is 1.04. The molecule has 1 amide bonds. The third-order valence-electron chi connectivity index (χ3n) is 8.38. The number of benzene rings is 3. The minimum atomic E-state index is -4.02. The molecular weight excluding hydrogens is 557 g/mol. The van der Waals surface area contributed by atoms with E-state index >= 15 is 0 Å². The summed E-state index contributed by atoms with van der Waals surface area (Å²) in [5.41, 5.74) is 1.72. The van der Waals surface area contributed by atoms with E-state index in [1.54, 1.807) is 29.2 Å². The van der Waals surface area contributed by atoms with Crippen molar-refractivity contribution in [2.75, 3.05) is 38.8 Å². The van der Waals surface area contributed by atoms with Gasteiger partial charge in [0.2, 0.25) is 10.0 Å². The number of anilines is 1. The maximum Gasteiger partial charge on any atom is 0.409 e. The van der Waals surface area contributed by atoms with E-state index in [0.29, 0.717) is 43.3 Å². The standard InChI is InChI=1S/C32H38FN3O5S/c1-34(26-10-4-3-5-11-26)27-18-20-35(21-19-27)32(37)41-23-28-12-7-13-31(24-8-6-9-25(33)22-24)36(28)42(38,39)30-16-14-29(40-2)15-17-30/h3-6,8-11,14-17,22,27-28,31H,7,12-13,18-21,23H2,1-2H3/t28-,31+/m1/s1. The first-order chi connectivity index (χ1) is 20.3. The van der Waals surface area contributed by atoms with E-state index in [1.165, 1.54) is 35.7 Å². The topological polar surface area (TPSA) is 79.4 Å². The van der Waals surface area contributed by atoms with Crippen LogP contribution in [0.2, 0.25) is 0 Å². The average Bonchev–Trinajstić information content (AvgIpc) is 3.03. The minimum absolute atomic E-state index is 0.0795. The van der Waals surface area contributed by atoms with Crippen LogP contribution >= 0.6 is 0 Å². The molecule has 2 aliphatic rings. The Morgan fingerprint density at radius 1 is 0.952 bits per heavy atom. The van der Waals surface area contributed by atoms with Crippen molar-refractivity contribution in [2.45, 2.75) is 55.1 Å². The predicted molar refractivity (Wildman–Crippen MR) is 160 cm³/mol.